The van der Waals surface area contributed by atoms with Crippen LogP contribution in [0.2, 0.25) is 0 Å². The van der Waals surface area contributed by atoms with E-state index >= 15 is 0 Å². The van der Waals surface area contributed by atoms with E-state index in [2.05, 4.69) is 53.4 Å². The van der Waals surface area contributed by atoms with Gasteiger partial charge in [-0.05, 0) is 28.0 Å². The number of hydrogen-bond acceptors (Lipinski definition) is 3. The van der Waals surface area contributed by atoms with Gasteiger partial charge in [-0.3, -0.25) is 4.79 Å². The summed E-state index contributed by atoms with van der Waals surface area (Å²) in [5, 5.41) is 2.37. The Morgan fingerprint density at radius 2 is 1.68 bits per heavy atom. The van der Waals surface area contributed by atoms with Crippen LogP contribution < -0.4 is 4.90 Å². The zero-order valence-corrected chi connectivity index (χ0v) is 16.3. The molecule has 0 bridgehead atoms. The maximum atomic E-state index is 12.8. The lowest BCUT2D eigenvalue weighted by Crippen LogP contribution is -2.37. The molecule has 4 rings (SSSR count). The molecule has 1 aliphatic rings. The Bertz CT molecular complexity index is 963. The Morgan fingerprint density at radius 1 is 0.964 bits per heavy atom. The van der Waals surface area contributed by atoms with Crippen LogP contribution in [-0.2, 0) is 22.5 Å². The van der Waals surface area contributed by atoms with Crippen LogP contribution >= 0.6 is 0 Å². The third-order valence-corrected chi connectivity index (χ3v) is 5.35. The van der Waals surface area contributed by atoms with Crippen molar-refractivity contribution in [1.29, 1.82) is 0 Å². The molecule has 0 unspecified atom stereocenters. The fourth-order valence-electron chi connectivity index (χ4n) is 3.76. The van der Waals surface area contributed by atoms with Crippen molar-refractivity contribution in [3.05, 3.63) is 77.9 Å². The smallest absolute Gasteiger partial charge is 0.227 e. The molecular formula is C24H26N2O2. The minimum Gasteiger partial charge on any atom is -0.378 e. The van der Waals surface area contributed by atoms with Gasteiger partial charge < -0.3 is 14.5 Å². The van der Waals surface area contributed by atoms with Crippen molar-refractivity contribution in [2.24, 2.45) is 0 Å². The summed E-state index contributed by atoms with van der Waals surface area (Å²) in [6, 6.07) is 22.9. The van der Waals surface area contributed by atoms with E-state index in [0.717, 1.165) is 31.9 Å². The van der Waals surface area contributed by atoms with Crippen LogP contribution in [0.15, 0.2) is 66.7 Å². The SMILES string of the molecule is CN(Cc1ccccc1N1CCOCC1)C(=O)Cc1ccc2ccccc2c1. The maximum Gasteiger partial charge on any atom is 0.227 e. The summed E-state index contributed by atoms with van der Waals surface area (Å²) in [7, 11) is 1.89. The maximum absolute atomic E-state index is 12.8. The number of hydrogen-bond donors (Lipinski definition) is 0. The summed E-state index contributed by atoms with van der Waals surface area (Å²) >= 11 is 0. The molecule has 4 nitrogen and oxygen atoms in total. The molecule has 28 heavy (non-hydrogen) atoms. The van der Waals surface area contributed by atoms with E-state index in [1.54, 1.807) is 0 Å². The van der Waals surface area contributed by atoms with Crippen LogP contribution in [0.25, 0.3) is 10.8 Å². The molecule has 144 valence electrons. The number of carbonyl (C=O) groups excluding carboxylic acids is 1. The second-order valence-corrected chi connectivity index (χ2v) is 7.34. The third kappa shape index (κ3) is 4.18. The fraction of sp³-hybridized carbons (Fsp3) is 0.292. The molecule has 3 aromatic rings. The van der Waals surface area contributed by atoms with E-state index in [1.807, 2.05) is 30.1 Å². The van der Waals surface area contributed by atoms with Crippen LogP contribution in [0.3, 0.4) is 0 Å². The van der Waals surface area contributed by atoms with Crippen molar-refractivity contribution >= 4 is 22.4 Å². The van der Waals surface area contributed by atoms with Gasteiger partial charge >= 0.3 is 0 Å². The topological polar surface area (TPSA) is 32.8 Å². The number of para-hydroxylation sites is 1. The minimum atomic E-state index is 0.132. The van der Waals surface area contributed by atoms with Gasteiger partial charge in [-0.15, -0.1) is 0 Å². The number of likely N-dealkylation sites (N-methyl/N-ethyl adjacent to an activating group) is 1. The van der Waals surface area contributed by atoms with Crippen LogP contribution in [0.4, 0.5) is 5.69 Å². The van der Waals surface area contributed by atoms with Gasteiger partial charge in [0.1, 0.15) is 0 Å². The number of ether oxygens (including phenoxy) is 1. The second kappa shape index (κ2) is 8.44. The van der Waals surface area contributed by atoms with Crippen LogP contribution in [0.5, 0.6) is 0 Å². The Labute approximate surface area is 166 Å². The zero-order valence-electron chi connectivity index (χ0n) is 16.3. The predicted octanol–water partition coefficient (Wildman–Crippen LogP) is 3.88. The Balaban J connectivity index is 1.45. The summed E-state index contributed by atoms with van der Waals surface area (Å²) in [5.41, 5.74) is 3.44. The van der Waals surface area contributed by atoms with Gasteiger partial charge in [-0.25, -0.2) is 0 Å². The Kier molecular flexibility index (Phi) is 5.58. The van der Waals surface area contributed by atoms with Crippen LogP contribution in [0.1, 0.15) is 11.1 Å². The number of carbonyl (C=O) groups is 1. The summed E-state index contributed by atoms with van der Waals surface area (Å²) in [4.78, 5) is 17.0. The number of benzene rings is 3. The van der Waals surface area contributed by atoms with Gasteiger partial charge in [0.05, 0.1) is 19.6 Å². The van der Waals surface area contributed by atoms with Crippen molar-refractivity contribution in [3.8, 4) is 0 Å². The molecular weight excluding hydrogens is 348 g/mol. The minimum absolute atomic E-state index is 0.132. The van der Waals surface area contributed by atoms with Crippen LogP contribution in [0, 0.1) is 0 Å². The molecule has 0 spiro atoms. The van der Waals surface area contributed by atoms with Crippen molar-refractivity contribution in [3.63, 3.8) is 0 Å². The highest BCUT2D eigenvalue weighted by atomic mass is 16.5. The number of nitrogens with zero attached hydrogens (tertiary/aromatic N) is 2. The average Bonchev–Trinajstić information content (AvgIpc) is 2.74. The molecule has 0 atom stereocenters. The summed E-state index contributed by atoms with van der Waals surface area (Å²) in [6.45, 7) is 3.91. The summed E-state index contributed by atoms with van der Waals surface area (Å²) < 4.78 is 5.47. The monoisotopic (exact) mass is 374 g/mol. The normalized spacial score (nSPS) is 14.2. The molecule has 1 amide bonds. The van der Waals surface area contributed by atoms with Gasteiger partial charge in [-0.1, -0.05) is 60.7 Å². The Hall–Kier alpha value is -2.85. The van der Waals surface area contributed by atoms with E-state index in [-0.39, 0.29) is 5.91 Å². The zero-order chi connectivity index (χ0) is 19.3. The van der Waals surface area contributed by atoms with Crippen molar-refractivity contribution in [2.45, 2.75) is 13.0 Å². The number of anilines is 1. The number of amides is 1. The quantitative estimate of drug-likeness (QED) is 0.679. The van der Waals surface area contributed by atoms with E-state index in [0.29, 0.717) is 13.0 Å². The van der Waals surface area contributed by atoms with Crippen molar-refractivity contribution in [1.82, 2.24) is 4.90 Å². The van der Waals surface area contributed by atoms with Crippen molar-refractivity contribution in [2.75, 3.05) is 38.3 Å². The van der Waals surface area contributed by atoms with Gasteiger partial charge in [0.25, 0.3) is 0 Å². The average molecular weight is 374 g/mol. The molecule has 0 saturated carbocycles. The lowest BCUT2D eigenvalue weighted by molar-refractivity contribution is -0.129. The highest BCUT2D eigenvalue weighted by Gasteiger charge is 2.17. The molecule has 1 heterocycles. The highest BCUT2D eigenvalue weighted by Crippen LogP contribution is 2.23. The van der Waals surface area contributed by atoms with E-state index in [4.69, 9.17) is 4.74 Å². The molecule has 1 fully saturated rings. The number of rotatable bonds is 5. The number of fused-ring (bicyclic) bond motifs is 1. The lowest BCUT2D eigenvalue weighted by Gasteiger charge is -2.31. The molecule has 1 aliphatic heterocycles. The van der Waals surface area contributed by atoms with Gasteiger partial charge in [0.2, 0.25) is 5.91 Å². The molecule has 4 heteroatoms. The molecule has 0 aliphatic carbocycles. The molecule has 0 N–H and O–H groups in total. The van der Waals surface area contributed by atoms with Crippen molar-refractivity contribution < 1.29 is 9.53 Å². The van der Waals surface area contributed by atoms with Crippen LogP contribution in [-0.4, -0.2) is 44.2 Å². The third-order valence-electron chi connectivity index (χ3n) is 5.35. The molecule has 0 aromatic heterocycles. The largest absolute Gasteiger partial charge is 0.378 e. The second-order valence-electron chi connectivity index (χ2n) is 7.34. The van der Waals surface area contributed by atoms with Gasteiger partial charge in [-0.2, -0.15) is 0 Å². The summed E-state index contributed by atoms with van der Waals surface area (Å²) in [5.74, 6) is 0.132. The molecule has 3 aromatic carbocycles. The lowest BCUT2D eigenvalue weighted by atomic mass is 10.0. The molecule has 0 radical (unpaired) electrons. The van der Waals surface area contributed by atoms with Gasteiger partial charge in [0.15, 0.2) is 0 Å². The standard InChI is InChI=1S/C24H26N2O2/c1-25(18-22-8-4-5-9-23(22)26-12-14-28-15-13-26)24(27)17-19-10-11-20-6-2-3-7-21(20)16-19/h2-11,16H,12-15,17-18H2,1H3. The van der Waals surface area contributed by atoms with Gasteiger partial charge in [0, 0.05) is 32.4 Å². The first-order valence-electron chi connectivity index (χ1n) is 9.83. The van der Waals surface area contributed by atoms with E-state index in [9.17, 15) is 4.79 Å². The summed E-state index contributed by atoms with van der Waals surface area (Å²) in [6.07, 6.45) is 0.418. The molecule has 1 saturated heterocycles. The first-order valence-corrected chi connectivity index (χ1v) is 9.83. The van der Waals surface area contributed by atoms with E-state index in [1.165, 1.54) is 22.0 Å². The highest BCUT2D eigenvalue weighted by molar-refractivity contribution is 5.85. The first-order chi connectivity index (χ1) is 13.7. The Morgan fingerprint density at radius 3 is 2.50 bits per heavy atom. The number of morpholine rings is 1. The fourth-order valence-corrected chi connectivity index (χ4v) is 3.76. The van der Waals surface area contributed by atoms with E-state index < -0.39 is 0 Å². The first kappa shape index (κ1) is 18.5. The predicted molar refractivity (Wildman–Crippen MR) is 114 cm³/mol.